The third kappa shape index (κ3) is 2.32. The molecule has 0 radical (unpaired) electrons. The number of hydrogen-bond donors (Lipinski definition) is 1. The predicted molar refractivity (Wildman–Crippen MR) is 63.5 cm³/mol. The summed E-state index contributed by atoms with van der Waals surface area (Å²) < 4.78 is 0. The lowest BCUT2D eigenvalue weighted by atomic mass is 9.82. The van der Waals surface area contributed by atoms with Crippen LogP contribution in [0.1, 0.15) is 24.2 Å². The topological polar surface area (TPSA) is 49.2 Å². The van der Waals surface area contributed by atoms with Gasteiger partial charge < -0.3 is 10.0 Å². The quantitative estimate of drug-likeness (QED) is 0.836. The molecule has 2 rings (SSSR count). The van der Waals surface area contributed by atoms with Crippen LogP contribution < -0.4 is 4.90 Å². The third-order valence-electron chi connectivity index (χ3n) is 3.16. The molecule has 1 aliphatic carbocycles. The molecular weight excluding hydrogens is 202 g/mol. The lowest BCUT2D eigenvalue weighted by molar-refractivity contribution is 0.0464. The van der Waals surface area contributed by atoms with Crippen LogP contribution in [-0.4, -0.2) is 34.8 Å². The van der Waals surface area contributed by atoms with Gasteiger partial charge in [-0.25, -0.2) is 4.98 Å². The van der Waals surface area contributed by atoms with Gasteiger partial charge in [0.25, 0.3) is 0 Å². The van der Waals surface area contributed by atoms with Crippen molar-refractivity contribution in [3.8, 4) is 0 Å². The van der Waals surface area contributed by atoms with E-state index < -0.39 is 0 Å². The highest BCUT2D eigenvalue weighted by Crippen LogP contribution is 2.29. The first-order valence-electron chi connectivity index (χ1n) is 5.75. The highest BCUT2D eigenvalue weighted by Gasteiger charge is 2.28. The van der Waals surface area contributed by atoms with Crippen molar-refractivity contribution in [1.29, 1.82) is 0 Å². The zero-order valence-electron chi connectivity index (χ0n) is 10.1. The SMILES string of the molecule is Cc1cnc(C)c(N(C)CC2CC(O)C2)n1. The van der Waals surface area contributed by atoms with Crippen molar-refractivity contribution in [2.45, 2.75) is 32.8 Å². The van der Waals surface area contributed by atoms with Crippen molar-refractivity contribution in [3.05, 3.63) is 17.6 Å². The average Bonchev–Trinajstić information content (AvgIpc) is 2.19. The minimum Gasteiger partial charge on any atom is -0.393 e. The molecule has 0 saturated heterocycles. The van der Waals surface area contributed by atoms with Crippen LogP contribution >= 0.6 is 0 Å². The summed E-state index contributed by atoms with van der Waals surface area (Å²) in [4.78, 5) is 11.0. The molecule has 0 aromatic carbocycles. The number of hydrogen-bond acceptors (Lipinski definition) is 4. The second-order valence-electron chi connectivity index (χ2n) is 4.79. The first-order valence-corrected chi connectivity index (χ1v) is 5.75. The minimum absolute atomic E-state index is 0.0805. The van der Waals surface area contributed by atoms with Crippen LogP contribution in [0.2, 0.25) is 0 Å². The molecule has 1 aliphatic rings. The fourth-order valence-corrected chi connectivity index (χ4v) is 2.21. The van der Waals surface area contributed by atoms with Crippen molar-refractivity contribution < 1.29 is 5.11 Å². The molecular formula is C12H19N3O. The lowest BCUT2D eigenvalue weighted by Gasteiger charge is -2.35. The Morgan fingerprint density at radius 2 is 2.12 bits per heavy atom. The first kappa shape index (κ1) is 11.3. The summed E-state index contributed by atoms with van der Waals surface area (Å²) in [7, 11) is 2.04. The van der Waals surface area contributed by atoms with Crippen molar-refractivity contribution in [2.75, 3.05) is 18.5 Å². The van der Waals surface area contributed by atoms with Gasteiger partial charge in [0, 0.05) is 19.8 Å². The molecule has 1 aromatic rings. The first-order chi connectivity index (χ1) is 7.56. The average molecular weight is 221 g/mol. The monoisotopic (exact) mass is 221 g/mol. The number of anilines is 1. The number of aliphatic hydroxyl groups excluding tert-OH is 1. The Morgan fingerprint density at radius 1 is 1.44 bits per heavy atom. The number of aryl methyl sites for hydroxylation is 2. The highest BCUT2D eigenvalue weighted by atomic mass is 16.3. The summed E-state index contributed by atoms with van der Waals surface area (Å²) >= 11 is 0. The number of nitrogens with zero attached hydrogens (tertiary/aromatic N) is 3. The molecule has 1 heterocycles. The molecule has 0 aliphatic heterocycles. The second kappa shape index (κ2) is 4.37. The molecule has 0 spiro atoms. The molecule has 4 heteroatoms. The summed E-state index contributed by atoms with van der Waals surface area (Å²) in [5.74, 6) is 1.56. The number of rotatable bonds is 3. The maximum atomic E-state index is 9.25. The van der Waals surface area contributed by atoms with Crippen LogP contribution in [-0.2, 0) is 0 Å². The molecule has 88 valence electrons. The number of aromatic nitrogens is 2. The van der Waals surface area contributed by atoms with Gasteiger partial charge in [0.2, 0.25) is 0 Å². The largest absolute Gasteiger partial charge is 0.393 e. The zero-order chi connectivity index (χ0) is 11.7. The Kier molecular flexibility index (Phi) is 3.10. The fourth-order valence-electron chi connectivity index (χ4n) is 2.21. The van der Waals surface area contributed by atoms with Gasteiger partial charge in [-0.15, -0.1) is 0 Å². The van der Waals surface area contributed by atoms with Gasteiger partial charge >= 0.3 is 0 Å². The van der Waals surface area contributed by atoms with Crippen LogP contribution in [0.5, 0.6) is 0 Å². The lowest BCUT2D eigenvalue weighted by Crippen LogP contribution is -2.37. The second-order valence-corrected chi connectivity index (χ2v) is 4.79. The maximum absolute atomic E-state index is 9.25. The molecule has 4 nitrogen and oxygen atoms in total. The van der Waals surface area contributed by atoms with E-state index in [1.165, 1.54) is 0 Å². The van der Waals surface area contributed by atoms with Crippen LogP contribution in [0.3, 0.4) is 0 Å². The third-order valence-corrected chi connectivity index (χ3v) is 3.16. The molecule has 1 saturated carbocycles. The van der Waals surface area contributed by atoms with Crippen molar-refractivity contribution in [3.63, 3.8) is 0 Å². The molecule has 0 unspecified atom stereocenters. The molecule has 1 fully saturated rings. The van der Waals surface area contributed by atoms with E-state index in [9.17, 15) is 5.11 Å². The predicted octanol–water partition coefficient (Wildman–Crippen LogP) is 1.30. The van der Waals surface area contributed by atoms with Gasteiger partial charge in [0.15, 0.2) is 0 Å². The Hall–Kier alpha value is -1.16. The van der Waals surface area contributed by atoms with E-state index >= 15 is 0 Å². The molecule has 0 atom stereocenters. The highest BCUT2D eigenvalue weighted by molar-refractivity contribution is 5.42. The Labute approximate surface area is 96.3 Å². The van der Waals surface area contributed by atoms with Crippen molar-refractivity contribution in [1.82, 2.24) is 9.97 Å². The smallest absolute Gasteiger partial charge is 0.150 e. The maximum Gasteiger partial charge on any atom is 0.150 e. The van der Waals surface area contributed by atoms with E-state index in [0.717, 1.165) is 36.6 Å². The summed E-state index contributed by atoms with van der Waals surface area (Å²) in [5.41, 5.74) is 1.91. The number of aliphatic hydroxyl groups is 1. The van der Waals surface area contributed by atoms with Crippen molar-refractivity contribution in [2.24, 2.45) is 5.92 Å². The van der Waals surface area contributed by atoms with Gasteiger partial charge in [0.1, 0.15) is 5.82 Å². The van der Waals surface area contributed by atoms with Gasteiger partial charge in [-0.2, -0.15) is 0 Å². The van der Waals surface area contributed by atoms with Crippen LogP contribution in [0, 0.1) is 19.8 Å². The molecule has 1 aromatic heterocycles. The van der Waals surface area contributed by atoms with Gasteiger partial charge in [-0.1, -0.05) is 0 Å². The normalized spacial score (nSPS) is 24.0. The van der Waals surface area contributed by atoms with E-state index in [4.69, 9.17) is 0 Å². The summed E-state index contributed by atoms with van der Waals surface area (Å²) in [6.45, 7) is 4.89. The fraction of sp³-hybridized carbons (Fsp3) is 0.667. The van der Waals surface area contributed by atoms with E-state index in [2.05, 4.69) is 14.9 Å². The summed E-state index contributed by atoms with van der Waals surface area (Å²) in [6, 6.07) is 0. The Bertz CT molecular complexity index is 375. The zero-order valence-corrected chi connectivity index (χ0v) is 10.1. The molecule has 1 N–H and O–H groups in total. The van der Waals surface area contributed by atoms with Crippen LogP contribution in [0.15, 0.2) is 6.20 Å². The standard InChI is InChI=1S/C12H19N3O/c1-8-6-13-9(2)12(14-8)15(3)7-10-4-11(16)5-10/h6,10-11,16H,4-5,7H2,1-3H3. The Balaban J connectivity index is 2.02. The molecule has 0 amide bonds. The van der Waals surface area contributed by atoms with E-state index in [0.29, 0.717) is 5.92 Å². The Morgan fingerprint density at radius 3 is 2.75 bits per heavy atom. The van der Waals surface area contributed by atoms with Crippen molar-refractivity contribution >= 4 is 5.82 Å². The summed E-state index contributed by atoms with van der Waals surface area (Å²) in [5, 5.41) is 9.25. The summed E-state index contributed by atoms with van der Waals surface area (Å²) in [6.07, 6.45) is 3.55. The van der Waals surface area contributed by atoms with Crippen LogP contribution in [0.4, 0.5) is 5.82 Å². The van der Waals surface area contributed by atoms with E-state index in [1.807, 2.05) is 20.9 Å². The van der Waals surface area contributed by atoms with Gasteiger partial charge in [-0.3, -0.25) is 4.98 Å². The minimum atomic E-state index is -0.0805. The van der Waals surface area contributed by atoms with E-state index in [-0.39, 0.29) is 6.10 Å². The molecule has 0 bridgehead atoms. The van der Waals surface area contributed by atoms with Crippen LogP contribution in [0.25, 0.3) is 0 Å². The van der Waals surface area contributed by atoms with E-state index in [1.54, 1.807) is 6.20 Å². The van der Waals surface area contributed by atoms with Gasteiger partial charge in [0.05, 0.1) is 17.5 Å². The molecule has 16 heavy (non-hydrogen) atoms. The van der Waals surface area contributed by atoms with Gasteiger partial charge in [-0.05, 0) is 32.6 Å².